The molecule has 2 heterocycles. The number of benzene rings is 2. The average Bonchev–Trinajstić information content (AvgIpc) is 3.22. The number of H-pyrrole nitrogens is 1. The highest BCUT2D eigenvalue weighted by atomic mass is 16.5. The predicted molar refractivity (Wildman–Crippen MR) is 87.9 cm³/mol. The van der Waals surface area contributed by atoms with Crippen LogP contribution in [0.4, 0.5) is 11.7 Å². The number of nitrogens with one attached hydrogen (secondary N) is 2. The molecule has 2 aromatic carbocycles. The smallest absolute Gasteiger partial charge is 0.320 e. The third-order valence-corrected chi connectivity index (χ3v) is 3.59. The van der Waals surface area contributed by atoms with Crippen LogP contribution in [0.25, 0.3) is 22.4 Å². The molecule has 114 valence electrons. The van der Waals surface area contributed by atoms with Crippen molar-refractivity contribution in [2.24, 2.45) is 0 Å². The fraction of sp³-hybridized carbons (Fsp3) is 0.0588. The standard InChI is InChI=1S/C17H14N4O2/c1-22-15-9-5-4-8-14(15)19-17-21-20-16(23-17)12-10-18-13-7-3-2-6-11(12)13/h2-10,18H,1H3,(H,19,21). The van der Waals surface area contributed by atoms with Crippen molar-refractivity contribution in [2.45, 2.75) is 0 Å². The molecule has 4 rings (SSSR count). The lowest BCUT2D eigenvalue weighted by atomic mass is 10.2. The van der Waals surface area contributed by atoms with Gasteiger partial charge in [-0.25, -0.2) is 0 Å². The van der Waals surface area contributed by atoms with Crippen molar-refractivity contribution >= 4 is 22.6 Å². The Kier molecular flexibility index (Phi) is 3.20. The van der Waals surface area contributed by atoms with Crippen LogP contribution < -0.4 is 10.1 Å². The number of aromatic nitrogens is 3. The van der Waals surface area contributed by atoms with Crippen LogP contribution >= 0.6 is 0 Å². The molecule has 2 aromatic heterocycles. The zero-order valence-electron chi connectivity index (χ0n) is 12.4. The molecular formula is C17H14N4O2. The van der Waals surface area contributed by atoms with Crippen molar-refractivity contribution in [2.75, 3.05) is 12.4 Å². The van der Waals surface area contributed by atoms with Crippen molar-refractivity contribution in [1.29, 1.82) is 0 Å². The molecule has 0 saturated heterocycles. The molecular weight excluding hydrogens is 292 g/mol. The van der Waals surface area contributed by atoms with E-state index in [-0.39, 0.29) is 0 Å². The van der Waals surface area contributed by atoms with Crippen LogP contribution in [0.5, 0.6) is 5.75 Å². The average molecular weight is 306 g/mol. The van der Waals surface area contributed by atoms with E-state index in [1.54, 1.807) is 7.11 Å². The van der Waals surface area contributed by atoms with Crippen LogP contribution in [-0.4, -0.2) is 22.3 Å². The van der Waals surface area contributed by atoms with E-state index in [4.69, 9.17) is 9.15 Å². The molecule has 0 amide bonds. The van der Waals surface area contributed by atoms with E-state index in [1.807, 2.05) is 54.7 Å². The molecule has 0 bridgehead atoms. The minimum absolute atomic E-state index is 0.315. The summed E-state index contributed by atoms with van der Waals surface area (Å²) in [6, 6.07) is 15.8. The van der Waals surface area contributed by atoms with Gasteiger partial charge in [-0.05, 0) is 18.2 Å². The van der Waals surface area contributed by atoms with Gasteiger partial charge >= 0.3 is 6.01 Å². The Balaban J connectivity index is 1.67. The number of hydrogen-bond donors (Lipinski definition) is 2. The van der Waals surface area contributed by atoms with Gasteiger partial charge in [0.1, 0.15) is 5.75 Å². The fourth-order valence-corrected chi connectivity index (χ4v) is 2.49. The molecule has 0 radical (unpaired) electrons. The van der Waals surface area contributed by atoms with Crippen molar-refractivity contribution in [1.82, 2.24) is 15.2 Å². The molecule has 0 saturated carbocycles. The number of rotatable bonds is 4. The van der Waals surface area contributed by atoms with Crippen molar-refractivity contribution < 1.29 is 9.15 Å². The lowest BCUT2D eigenvalue weighted by molar-refractivity contribution is 0.416. The highest BCUT2D eigenvalue weighted by Gasteiger charge is 2.14. The van der Waals surface area contributed by atoms with Crippen molar-refractivity contribution in [3.8, 4) is 17.2 Å². The topological polar surface area (TPSA) is 76.0 Å². The monoisotopic (exact) mass is 306 g/mol. The Bertz CT molecular complexity index is 958. The number of fused-ring (bicyclic) bond motifs is 1. The number of nitrogens with zero attached hydrogens (tertiary/aromatic N) is 2. The first-order valence-electron chi connectivity index (χ1n) is 7.15. The van der Waals surface area contributed by atoms with Crippen LogP contribution in [-0.2, 0) is 0 Å². The Morgan fingerprint density at radius 3 is 2.78 bits per heavy atom. The number of anilines is 2. The molecule has 0 aliphatic rings. The molecule has 0 atom stereocenters. The van der Waals surface area contributed by atoms with Crippen LogP contribution in [0, 0.1) is 0 Å². The number of para-hydroxylation sites is 3. The normalized spacial score (nSPS) is 10.8. The summed E-state index contributed by atoms with van der Waals surface area (Å²) in [6.45, 7) is 0. The minimum atomic E-state index is 0.315. The summed E-state index contributed by atoms with van der Waals surface area (Å²) < 4.78 is 11.0. The summed E-state index contributed by atoms with van der Waals surface area (Å²) in [7, 11) is 1.62. The number of hydrogen-bond acceptors (Lipinski definition) is 5. The van der Waals surface area contributed by atoms with Gasteiger partial charge in [0, 0.05) is 17.1 Å². The lowest BCUT2D eigenvalue weighted by Crippen LogP contribution is -1.94. The van der Waals surface area contributed by atoms with Gasteiger partial charge in [0.2, 0.25) is 0 Å². The van der Waals surface area contributed by atoms with Gasteiger partial charge in [0.05, 0.1) is 18.4 Å². The summed E-state index contributed by atoms with van der Waals surface area (Å²) in [5.74, 6) is 1.17. The molecule has 0 fully saturated rings. The Morgan fingerprint density at radius 2 is 1.87 bits per heavy atom. The van der Waals surface area contributed by atoms with Crippen LogP contribution in [0.2, 0.25) is 0 Å². The van der Waals surface area contributed by atoms with Crippen LogP contribution in [0.3, 0.4) is 0 Å². The van der Waals surface area contributed by atoms with E-state index in [0.717, 1.165) is 22.2 Å². The summed E-state index contributed by atoms with van der Waals surface area (Å²) in [5, 5.41) is 12.3. The van der Waals surface area contributed by atoms with Gasteiger partial charge in [-0.2, -0.15) is 0 Å². The first-order valence-corrected chi connectivity index (χ1v) is 7.15. The summed E-state index contributed by atoms with van der Waals surface area (Å²) in [4.78, 5) is 3.20. The Labute approximate surface area is 132 Å². The zero-order valence-corrected chi connectivity index (χ0v) is 12.4. The second-order valence-electron chi connectivity index (χ2n) is 4.99. The minimum Gasteiger partial charge on any atom is -0.495 e. The molecule has 0 spiro atoms. The highest BCUT2D eigenvalue weighted by Crippen LogP contribution is 2.30. The number of ether oxygens (including phenoxy) is 1. The van der Waals surface area contributed by atoms with Gasteiger partial charge in [-0.3, -0.25) is 0 Å². The van der Waals surface area contributed by atoms with Crippen molar-refractivity contribution in [3.05, 3.63) is 54.7 Å². The SMILES string of the molecule is COc1ccccc1Nc1nnc(-c2c[nH]c3ccccc23)o1. The summed E-state index contributed by atoms with van der Waals surface area (Å²) in [5.41, 5.74) is 2.67. The van der Waals surface area contributed by atoms with Gasteiger partial charge in [0.25, 0.3) is 5.89 Å². The highest BCUT2D eigenvalue weighted by molar-refractivity contribution is 5.93. The molecule has 0 unspecified atom stereocenters. The molecule has 6 heteroatoms. The summed E-state index contributed by atoms with van der Waals surface area (Å²) >= 11 is 0. The van der Waals surface area contributed by atoms with E-state index < -0.39 is 0 Å². The fourth-order valence-electron chi connectivity index (χ4n) is 2.49. The third-order valence-electron chi connectivity index (χ3n) is 3.59. The van der Waals surface area contributed by atoms with Crippen LogP contribution in [0.1, 0.15) is 0 Å². The summed E-state index contributed by atoms with van der Waals surface area (Å²) in [6.07, 6.45) is 1.87. The van der Waals surface area contributed by atoms with Gasteiger partial charge in [-0.1, -0.05) is 35.4 Å². The second-order valence-corrected chi connectivity index (χ2v) is 4.99. The Hall–Kier alpha value is -3.28. The predicted octanol–water partition coefficient (Wildman–Crippen LogP) is 3.97. The first kappa shape index (κ1) is 13.4. The van der Waals surface area contributed by atoms with Crippen molar-refractivity contribution in [3.63, 3.8) is 0 Å². The molecule has 0 aliphatic heterocycles. The van der Waals surface area contributed by atoms with E-state index in [9.17, 15) is 0 Å². The van der Waals surface area contributed by atoms with Gasteiger partial charge < -0.3 is 19.5 Å². The second kappa shape index (κ2) is 5.49. The first-order chi connectivity index (χ1) is 11.3. The third kappa shape index (κ3) is 2.40. The maximum Gasteiger partial charge on any atom is 0.320 e. The Morgan fingerprint density at radius 1 is 1.04 bits per heavy atom. The molecule has 2 N–H and O–H groups in total. The van der Waals surface area contributed by atoms with E-state index >= 15 is 0 Å². The van der Waals surface area contributed by atoms with E-state index in [1.165, 1.54) is 0 Å². The maximum absolute atomic E-state index is 5.73. The van der Waals surface area contributed by atoms with Gasteiger partial charge in [0.15, 0.2) is 0 Å². The number of methoxy groups -OCH3 is 1. The quantitative estimate of drug-likeness (QED) is 0.596. The van der Waals surface area contributed by atoms with E-state index in [2.05, 4.69) is 20.5 Å². The number of aromatic amines is 1. The van der Waals surface area contributed by atoms with E-state index in [0.29, 0.717) is 17.7 Å². The zero-order chi connectivity index (χ0) is 15.6. The molecule has 6 nitrogen and oxygen atoms in total. The van der Waals surface area contributed by atoms with Gasteiger partial charge in [-0.15, -0.1) is 5.10 Å². The lowest BCUT2D eigenvalue weighted by Gasteiger charge is -2.06. The molecule has 0 aliphatic carbocycles. The largest absolute Gasteiger partial charge is 0.495 e. The molecule has 23 heavy (non-hydrogen) atoms. The molecule has 4 aromatic rings. The maximum atomic E-state index is 5.73. The van der Waals surface area contributed by atoms with Crippen LogP contribution in [0.15, 0.2) is 59.1 Å².